The number of anilines is 1. The molecule has 1 N–H and O–H groups in total. The molecule has 7 heterocycles. The van der Waals surface area contributed by atoms with Gasteiger partial charge in [0.2, 0.25) is 17.7 Å². The number of rotatable bonds is 10. The van der Waals surface area contributed by atoms with E-state index in [1.165, 1.54) is 29.4 Å². The second-order valence-electron chi connectivity index (χ2n) is 17.4. The summed E-state index contributed by atoms with van der Waals surface area (Å²) >= 11 is 1.60. The highest BCUT2D eigenvalue weighted by Crippen LogP contribution is 2.60. The number of amides is 3. The number of thiazole rings is 1. The topological polar surface area (TPSA) is 130 Å². The van der Waals surface area contributed by atoms with Crippen LogP contribution in [0.2, 0.25) is 0 Å². The standard InChI is InChI=1S/C40H47F4N7O5S/c1-24(55-22-37-6-2-27(3-7-37)56-23-37)31(35(53)49-13-4-25(5-14-49)34-47-12-15-57-34)48-33(52)28-18-50(30-17-26(41)16-29-32(30)46-11-10-45-29)19-38(28)20-51(21-38)36(54)39(8-9-39)40(42,43)44/h10-12,15-17,24-25,27-28,31H,2-9,13-14,18-23H2,1H3,(H,48,52)/t24-,27?,28+,31+,37?/m1/s1. The molecule has 2 aliphatic carbocycles. The van der Waals surface area contributed by atoms with E-state index in [9.17, 15) is 27.6 Å². The molecular formula is C40H47F4N7O5S. The van der Waals surface area contributed by atoms with Gasteiger partial charge >= 0.3 is 6.18 Å². The third-order valence-electron chi connectivity index (χ3n) is 13.7. The minimum atomic E-state index is -4.67. The predicted molar refractivity (Wildman–Crippen MR) is 201 cm³/mol. The van der Waals surface area contributed by atoms with Gasteiger partial charge in [0.1, 0.15) is 22.8 Å². The Labute approximate surface area is 331 Å². The number of likely N-dealkylation sites (tertiary alicyclic amines) is 2. The van der Waals surface area contributed by atoms with Crippen LogP contribution < -0.4 is 10.2 Å². The number of alkyl halides is 3. The second-order valence-corrected chi connectivity index (χ2v) is 18.3. The number of benzene rings is 1. The van der Waals surface area contributed by atoms with E-state index in [1.54, 1.807) is 29.4 Å². The van der Waals surface area contributed by atoms with E-state index >= 15 is 4.39 Å². The van der Waals surface area contributed by atoms with Crippen LogP contribution in [0.3, 0.4) is 0 Å². The van der Waals surface area contributed by atoms with Crippen molar-refractivity contribution in [1.82, 2.24) is 30.1 Å². The zero-order valence-electron chi connectivity index (χ0n) is 31.8. The number of carbonyl (C=O) groups excluding carboxylic acids is 3. The number of ether oxygens (including phenoxy) is 2. The maximum atomic E-state index is 15.0. The lowest BCUT2D eigenvalue weighted by molar-refractivity contribution is -0.205. The molecule has 2 aromatic heterocycles. The fourth-order valence-electron chi connectivity index (χ4n) is 10.0. The van der Waals surface area contributed by atoms with Gasteiger partial charge in [-0.05, 0) is 64.4 Å². The minimum absolute atomic E-state index is 0.0599. The molecule has 7 fully saturated rings. The molecule has 2 bridgehead atoms. The Morgan fingerprint density at radius 2 is 1.72 bits per heavy atom. The van der Waals surface area contributed by atoms with Gasteiger partial charge in [0.25, 0.3) is 0 Å². The number of nitrogens with one attached hydrogen (secondary N) is 1. The molecule has 2 saturated carbocycles. The van der Waals surface area contributed by atoms with Crippen LogP contribution in [0.4, 0.5) is 23.2 Å². The summed E-state index contributed by atoms with van der Waals surface area (Å²) in [6.07, 6.45) is 4.37. The van der Waals surface area contributed by atoms with Crippen molar-refractivity contribution in [2.45, 2.75) is 88.6 Å². The average Bonchev–Trinajstić information content (AvgIpc) is 3.67. The lowest BCUT2D eigenvalue weighted by atomic mass is 9.70. The van der Waals surface area contributed by atoms with Gasteiger partial charge in [-0.1, -0.05) is 0 Å². The molecule has 10 rings (SSSR count). The Bertz CT molecular complexity index is 2000. The van der Waals surface area contributed by atoms with Gasteiger partial charge in [0, 0.05) is 86.1 Å². The lowest BCUT2D eigenvalue weighted by Crippen LogP contribution is -2.67. The van der Waals surface area contributed by atoms with E-state index in [0.29, 0.717) is 43.0 Å². The minimum Gasteiger partial charge on any atom is -0.378 e. The summed E-state index contributed by atoms with van der Waals surface area (Å²) in [5.41, 5.74) is -2.40. The fourth-order valence-corrected chi connectivity index (χ4v) is 10.8. The smallest absolute Gasteiger partial charge is 0.378 e. The van der Waals surface area contributed by atoms with E-state index in [2.05, 4.69) is 20.3 Å². The summed E-state index contributed by atoms with van der Waals surface area (Å²) in [5.74, 6) is -2.90. The molecule has 0 unspecified atom stereocenters. The van der Waals surface area contributed by atoms with E-state index in [4.69, 9.17) is 9.47 Å². The predicted octanol–water partition coefficient (Wildman–Crippen LogP) is 5.09. The Hall–Kier alpha value is -3.96. The van der Waals surface area contributed by atoms with Crippen molar-refractivity contribution in [3.63, 3.8) is 0 Å². The van der Waals surface area contributed by atoms with E-state index in [0.717, 1.165) is 43.5 Å². The number of hydrogen-bond acceptors (Lipinski definition) is 10. The number of aromatic nitrogens is 3. The second kappa shape index (κ2) is 14.4. The number of halogens is 4. The van der Waals surface area contributed by atoms with Gasteiger partial charge in [0.05, 0.1) is 47.6 Å². The molecule has 17 heteroatoms. The average molecular weight is 814 g/mol. The molecule has 3 aromatic rings. The highest BCUT2D eigenvalue weighted by atomic mass is 32.1. The van der Waals surface area contributed by atoms with Crippen molar-refractivity contribution < 1.29 is 41.4 Å². The van der Waals surface area contributed by atoms with Gasteiger partial charge in [0.15, 0.2) is 0 Å². The summed E-state index contributed by atoms with van der Waals surface area (Å²) < 4.78 is 69.7. The zero-order valence-corrected chi connectivity index (χ0v) is 32.6. The molecule has 5 saturated heterocycles. The molecule has 0 radical (unpaired) electrons. The van der Waals surface area contributed by atoms with Gasteiger partial charge in [-0.15, -0.1) is 11.3 Å². The lowest BCUT2D eigenvalue weighted by Gasteiger charge is -2.51. The van der Waals surface area contributed by atoms with Crippen LogP contribution in [0.25, 0.3) is 11.0 Å². The molecule has 306 valence electrons. The van der Waals surface area contributed by atoms with Crippen LogP contribution in [0.1, 0.15) is 69.2 Å². The van der Waals surface area contributed by atoms with Crippen LogP contribution in [0, 0.1) is 28.0 Å². The van der Waals surface area contributed by atoms with Crippen molar-refractivity contribution in [2.24, 2.45) is 22.2 Å². The molecular weight excluding hydrogens is 767 g/mol. The first kappa shape index (κ1) is 38.6. The first-order valence-corrected chi connectivity index (χ1v) is 20.9. The van der Waals surface area contributed by atoms with Gasteiger partial charge in [-0.25, -0.2) is 9.37 Å². The van der Waals surface area contributed by atoms with Crippen LogP contribution in [0.5, 0.6) is 0 Å². The van der Waals surface area contributed by atoms with Gasteiger partial charge in [-0.2, -0.15) is 13.2 Å². The molecule has 57 heavy (non-hydrogen) atoms. The highest BCUT2D eigenvalue weighted by Gasteiger charge is 2.71. The highest BCUT2D eigenvalue weighted by molar-refractivity contribution is 7.09. The number of piperidine rings is 1. The van der Waals surface area contributed by atoms with Crippen LogP contribution in [0.15, 0.2) is 36.1 Å². The van der Waals surface area contributed by atoms with Crippen LogP contribution >= 0.6 is 11.3 Å². The Kier molecular flexibility index (Phi) is 9.74. The van der Waals surface area contributed by atoms with E-state index in [-0.39, 0.29) is 62.4 Å². The monoisotopic (exact) mass is 813 g/mol. The third-order valence-corrected chi connectivity index (χ3v) is 14.7. The number of hydrogen-bond donors (Lipinski definition) is 1. The van der Waals surface area contributed by atoms with Crippen molar-refractivity contribution in [3.05, 3.63) is 46.9 Å². The summed E-state index contributed by atoms with van der Waals surface area (Å²) in [7, 11) is 0. The SMILES string of the molecule is C[C@@H](OCC12CCC(CC1)OC2)[C@H](NC(=O)[C@@H]1CN(c2cc(F)cc3nccnc23)CC12CN(C(=O)C1(C(F)(F)F)CC1)C2)C(=O)N1CCC(c2nccs2)CC1. The van der Waals surface area contributed by atoms with E-state index < -0.39 is 52.7 Å². The summed E-state index contributed by atoms with van der Waals surface area (Å²) in [4.78, 5) is 60.6. The number of carbonyl (C=O) groups is 3. The van der Waals surface area contributed by atoms with E-state index in [1.807, 2.05) is 10.3 Å². The molecule has 1 spiro atoms. The summed E-state index contributed by atoms with van der Waals surface area (Å²) in [6, 6.07) is 1.52. The molecule has 1 aromatic carbocycles. The maximum Gasteiger partial charge on any atom is 0.403 e. The maximum absolute atomic E-state index is 15.0. The van der Waals surface area contributed by atoms with Crippen molar-refractivity contribution >= 4 is 45.8 Å². The van der Waals surface area contributed by atoms with Gasteiger partial charge in [-0.3, -0.25) is 24.4 Å². The normalized spacial score (nSPS) is 27.7. The Balaban J connectivity index is 0.982. The molecule has 12 nitrogen and oxygen atoms in total. The first-order chi connectivity index (χ1) is 27.3. The van der Waals surface area contributed by atoms with Gasteiger partial charge < -0.3 is 29.5 Å². The number of fused-ring (bicyclic) bond motifs is 4. The van der Waals surface area contributed by atoms with Crippen molar-refractivity contribution in [2.75, 3.05) is 57.4 Å². The first-order valence-electron chi connectivity index (χ1n) is 20.0. The summed E-state index contributed by atoms with van der Waals surface area (Å²) in [6.45, 7) is 3.75. The van der Waals surface area contributed by atoms with Crippen molar-refractivity contribution in [1.29, 1.82) is 0 Å². The van der Waals surface area contributed by atoms with Crippen LogP contribution in [-0.2, 0) is 23.9 Å². The fraction of sp³-hybridized carbons (Fsp3) is 0.650. The molecule has 5 aliphatic heterocycles. The number of nitrogens with zero attached hydrogens (tertiary/aromatic N) is 6. The van der Waals surface area contributed by atoms with Crippen molar-refractivity contribution in [3.8, 4) is 0 Å². The zero-order chi connectivity index (χ0) is 39.7. The summed E-state index contributed by atoms with van der Waals surface area (Å²) in [5, 5.41) is 6.05. The Morgan fingerprint density at radius 1 is 0.982 bits per heavy atom. The quantitative estimate of drug-likeness (QED) is 0.279. The van der Waals surface area contributed by atoms with Crippen LogP contribution in [-0.4, -0.2) is 119 Å². The third kappa shape index (κ3) is 6.94. The largest absolute Gasteiger partial charge is 0.403 e. The molecule has 3 atom stereocenters. The Morgan fingerprint density at radius 3 is 2.37 bits per heavy atom. The molecule has 7 aliphatic rings. The molecule has 3 amide bonds.